The largest absolute Gasteiger partial charge is 0.471 e. The highest BCUT2D eigenvalue weighted by atomic mass is 35.5. The number of hydrogen-bond acceptors (Lipinski definition) is 6. The highest BCUT2D eigenvalue weighted by Gasteiger charge is 2.43. The number of halogens is 5. The molecule has 2 unspecified atom stereocenters. The van der Waals surface area contributed by atoms with E-state index < -0.39 is 34.1 Å². The van der Waals surface area contributed by atoms with Gasteiger partial charge in [-0.05, 0) is 66.1 Å². The van der Waals surface area contributed by atoms with Crippen molar-refractivity contribution in [2.75, 3.05) is 6.54 Å². The van der Waals surface area contributed by atoms with Crippen LogP contribution in [0.25, 0.3) is 0 Å². The van der Waals surface area contributed by atoms with Crippen molar-refractivity contribution in [3.05, 3.63) is 86.9 Å². The van der Waals surface area contributed by atoms with Crippen molar-refractivity contribution < 1.29 is 31.2 Å². The molecule has 6 rings (SSSR count). The Morgan fingerprint density at radius 3 is 2.61 bits per heavy atom. The Balaban J connectivity index is 1.24. The minimum Gasteiger partial charge on any atom is -0.330 e. The number of nitrogens with one attached hydrogen (secondary N) is 1. The van der Waals surface area contributed by atoms with E-state index in [1.807, 2.05) is 12.1 Å². The smallest absolute Gasteiger partial charge is 0.330 e. The SMILES string of the molecule is O=C1NC=CN(S(=O)(=O)c2ccc(Cl)c(Cl)c2)C1Cc1cn(C2CCCc3cc4c(cc32)CCN(C(=O)C(F)(F)F)C4)nn1. The lowest BCUT2D eigenvalue weighted by Gasteiger charge is -2.33. The molecular weight excluding hydrogens is 644 g/mol. The van der Waals surface area contributed by atoms with Gasteiger partial charge < -0.3 is 10.2 Å². The van der Waals surface area contributed by atoms with Crippen molar-refractivity contribution >= 4 is 45.0 Å². The second kappa shape index (κ2) is 11.4. The topological polar surface area (TPSA) is 118 Å². The monoisotopic (exact) mass is 668 g/mol. The Kier molecular flexibility index (Phi) is 7.87. The molecule has 0 saturated heterocycles. The van der Waals surface area contributed by atoms with Gasteiger partial charge >= 0.3 is 12.1 Å². The van der Waals surface area contributed by atoms with E-state index in [-0.39, 0.29) is 40.5 Å². The molecule has 3 aliphatic rings. The van der Waals surface area contributed by atoms with Crippen molar-refractivity contribution in [1.82, 2.24) is 29.5 Å². The van der Waals surface area contributed by atoms with Crippen LogP contribution in [0.1, 0.15) is 46.8 Å². The molecule has 3 heterocycles. The maximum Gasteiger partial charge on any atom is 0.471 e. The average molecular weight is 670 g/mol. The zero-order valence-corrected chi connectivity index (χ0v) is 25.2. The fourth-order valence-corrected chi connectivity index (χ4v) is 7.77. The third-order valence-electron chi connectivity index (χ3n) is 8.09. The van der Waals surface area contributed by atoms with Crippen molar-refractivity contribution in [3.63, 3.8) is 0 Å². The van der Waals surface area contributed by atoms with Gasteiger partial charge in [-0.2, -0.15) is 13.2 Å². The number of carbonyl (C=O) groups is 2. The molecule has 1 N–H and O–H groups in total. The Bertz CT molecular complexity index is 1800. The molecular formula is C28H25Cl2F3N6O4S. The first-order valence-corrected chi connectivity index (χ1v) is 15.9. The summed E-state index contributed by atoms with van der Waals surface area (Å²) in [6.07, 6.45) is 1.75. The van der Waals surface area contributed by atoms with E-state index in [2.05, 4.69) is 15.6 Å². The van der Waals surface area contributed by atoms with Crippen LogP contribution in [0.15, 0.2) is 53.8 Å². The van der Waals surface area contributed by atoms with Gasteiger partial charge in [-0.15, -0.1) is 5.10 Å². The van der Waals surface area contributed by atoms with Crippen LogP contribution in [0.5, 0.6) is 0 Å². The Morgan fingerprint density at radius 2 is 1.86 bits per heavy atom. The Labute approximate surface area is 260 Å². The summed E-state index contributed by atoms with van der Waals surface area (Å²) in [5.74, 6) is -2.38. The van der Waals surface area contributed by atoms with Gasteiger partial charge in [-0.1, -0.05) is 40.5 Å². The van der Waals surface area contributed by atoms with Crippen molar-refractivity contribution in [1.29, 1.82) is 0 Å². The molecule has 10 nitrogen and oxygen atoms in total. The quantitative estimate of drug-likeness (QED) is 0.436. The number of nitrogens with zero attached hydrogens (tertiary/aromatic N) is 5. The lowest BCUT2D eigenvalue weighted by atomic mass is 9.83. The summed E-state index contributed by atoms with van der Waals surface area (Å²) in [7, 11) is -4.18. The van der Waals surface area contributed by atoms with Crippen LogP contribution in [-0.2, 0) is 45.4 Å². The van der Waals surface area contributed by atoms with Crippen LogP contribution in [0.4, 0.5) is 13.2 Å². The number of fused-ring (bicyclic) bond motifs is 2. The lowest BCUT2D eigenvalue weighted by molar-refractivity contribution is -0.186. The second-order valence-electron chi connectivity index (χ2n) is 10.8. The van der Waals surface area contributed by atoms with E-state index in [0.29, 0.717) is 17.7 Å². The van der Waals surface area contributed by atoms with E-state index in [4.69, 9.17) is 23.2 Å². The summed E-state index contributed by atoms with van der Waals surface area (Å²) in [4.78, 5) is 25.4. The molecule has 232 valence electrons. The number of amides is 2. The van der Waals surface area contributed by atoms with Gasteiger partial charge in [0, 0.05) is 38.1 Å². The number of benzene rings is 2. The molecule has 0 spiro atoms. The van der Waals surface area contributed by atoms with Gasteiger partial charge in [0.1, 0.15) is 6.04 Å². The maximum absolute atomic E-state index is 13.5. The molecule has 3 aromatic rings. The molecule has 2 aromatic carbocycles. The molecule has 2 amide bonds. The van der Waals surface area contributed by atoms with Crippen LogP contribution in [0.3, 0.4) is 0 Å². The summed E-state index contributed by atoms with van der Waals surface area (Å²) in [5.41, 5.74) is 3.92. The third-order valence-corrected chi connectivity index (χ3v) is 10.6. The normalized spacial score (nSPS) is 20.2. The van der Waals surface area contributed by atoms with Gasteiger partial charge in [0.2, 0.25) is 5.91 Å². The highest BCUT2D eigenvalue weighted by molar-refractivity contribution is 7.89. The molecule has 2 atom stereocenters. The maximum atomic E-state index is 13.5. The van der Waals surface area contributed by atoms with E-state index >= 15 is 0 Å². The van der Waals surface area contributed by atoms with Gasteiger partial charge in [-0.3, -0.25) is 13.9 Å². The van der Waals surface area contributed by atoms with Crippen LogP contribution in [0.2, 0.25) is 10.0 Å². The first-order valence-electron chi connectivity index (χ1n) is 13.7. The molecule has 0 saturated carbocycles. The van der Waals surface area contributed by atoms with Gasteiger partial charge in [0.05, 0.1) is 26.7 Å². The summed E-state index contributed by atoms with van der Waals surface area (Å²) < 4.78 is 68.6. The van der Waals surface area contributed by atoms with Crippen molar-refractivity contribution in [3.8, 4) is 0 Å². The van der Waals surface area contributed by atoms with E-state index in [0.717, 1.165) is 45.2 Å². The molecule has 0 radical (unpaired) electrons. The number of hydrogen-bond donors (Lipinski definition) is 1. The summed E-state index contributed by atoms with van der Waals surface area (Å²) in [5, 5.41) is 11.3. The number of carbonyl (C=O) groups excluding carboxylic acids is 2. The van der Waals surface area contributed by atoms with Gasteiger partial charge in [0.25, 0.3) is 10.0 Å². The van der Waals surface area contributed by atoms with E-state index in [9.17, 15) is 31.2 Å². The third kappa shape index (κ3) is 5.66. The zero-order chi connectivity index (χ0) is 31.4. The van der Waals surface area contributed by atoms with E-state index in [1.165, 1.54) is 30.6 Å². The molecule has 1 aromatic heterocycles. The molecule has 16 heteroatoms. The van der Waals surface area contributed by atoms with Gasteiger partial charge in [0.15, 0.2) is 0 Å². The predicted octanol–water partition coefficient (Wildman–Crippen LogP) is 4.16. The standard InChI is InChI=1S/C28H25Cl2F3N6O4S/c29-22-5-4-20(13-23(22)30)44(42,43)39-9-7-34-26(40)25(39)12-19-15-38(36-35-19)24-3-1-2-17-10-18-14-37(27(41)28(31,32)33)8-6-16(18)11-21(17)24/h4-5,7,9-11,13,15,24-25H,1-3,6,8,12,14H2,(H,34,40). The molecule has 1 aliphatic carbocycles. The van der Waals surface area contributed by atoms with Crippen molar-refractivity contribution in [2.24, 2.45) is 0 Å². The number of aryl methyl sites for hydroxylation is 1. The Morgan fingerprint density at radius 1 is 1.07 bits per heavy atom. The first kappa shape index (κ1) is 30.4. The summed E-state index contributed by atoms with van der Waals surface area (Å²) >= 11 is 12.0. The molecule has 44 heavy (non-hydrogen) atoms. The number of alkyl halides is 3. The lowest BCUT2D eigenvalue weighted by Crippen LogP contribution is -2.50. The van der Waals surface area contributed by atoms with Crippen LogP contribution < -0.4 is 5.32 Å². The average Bonchev–Trinajstić information content (AvgIpc) is 3.45. The minimum atomic E-state index is -4.92. The molecule has 0 fully saturated rings. The fraction of sp³-hybridized carbons (Fsp3) is 0.357. The zero-order valence-electron chi connectivity index (χ0n) is 22.9. The minimum absolute atomic E-state index is 0.0260. The molecule has 0 bridgehead atoms. The summed E-state index contributed by atoms with van der Waals surface area (Å²) in [6, 6.07) is 6.39. The molecule has 2 aliphatic heterocycles. The predicted molar refractivity (Wildman–Crippen MR) is 153 cm³/mol. The summed E-state index contributed by atoms with van der Waals surface area (Å²) in [6.45, 7) is -0.125. The van der Waals surface area contributed by atoms with Crippen LogP contribution in [0, 0.1) is 0 Å². The number of aromatic nitrogens is 3. The van der Waals surface area contributed by atoms with Crippen LogP contribution in [-0.4, -0.2) is 63.2 Å². The van der Waals surface area contributed by atoms with Crippen LogP contribution >= 0.6 is 23.2 Å². The second-order valence-corrected chi connectivity index (χ2v) is 13.5. The Hall–Kier alpha value is -3.62. The number of rotatable bonds is 5. The first-order chi connectivity index (χ1) is 20.8. The highest BCUT2D eigenvalue weighted by Crippen LogP contribution is 2.37. The fourth-order valence-electron chi connectivity index (χ4n) is 5.93. The van der Waals surface area contributed by atoms with Gasteiger partial charge in [-0.25, -0.2) is 13.1 Å². The number of sulfonamides is 1. The van der Waals surface area contributed by atoms with Crippen molar-refractivity contribution in [2.45, 2.75) is 61.8 Å². The van der Waals surface area contributed by atoms with E-state index in [1.54, 1.807) is 10.9 Å².